The molecule has 2 rings (SSSR count). The number of nitrogens with zero attached hydrogens (tertiary/aromatic N) is 2. The first-order valence-corrected chi connectivity index (χ1v) is 7.02. The maximum absolute atomic E-state index is 5.87. The van der Waals surface area contributed by atoms with E-state index in [1.807, 2.05) is 12.1 Å². The van der Waals surface area contributed by atoms with Crippen molar-refractivity contribution in [3.63, 3.8) is 0 Å². The Morgan fingerprint density at radius 3 is 2.83 bits per heavy atom. The van der Waals surface area contributed by atoms with Gasteiger partial charge in [0.1, 0.15) is 0 Å². The summed E-state index contributed by atoms with van der Waals surface area (Å²) < 4.78 is 2.83. The summed E-state index contributed by atoms with van der Waals surface area (Å²) in [6, 6.07) is 6.51. The van der Waals surface area contributed by atoms with Crippen LogP contribution in [0.2, 0.25) is 5.02 Å². The number of aromatic nitrogens is 2. The van der Waals surface area contributed by atoms with Crippen molar-refractivity contribution in [2.45, 2.75) is 19.9 Å². The van der Waals surface area contributed by atoms with Crippen molar-refractivity contribution in [2.75, 3.05) is 6.54 Å². The first-order valence-electron chi connectivity index (χ1n) is 5.85. The fraction of sp³-hybridized carbons (Fsp3) is 0.308. The van der Waals surface area contributed by atoms with Crippen molar-refractivity contribution in [3.8, 4) is 5.69 Å². The lowest BCUT2D eigenvalue weighted by Gasteiger charge is -2.15. The molecule has 0 aliphatic rings. The molecule has 1 unspecified atom stereocenters. The Bertz CT molecular complexity index is 539. The normalized spacial score (nSPS) is 12.7. The summed E-state index contributed by atoms with van der Waals surface area (Å²) in [4.78, 5) is 0. The third-order valence-electron chi connectivity index (χ3n) is 2.78. The Labute approximate surface area is 120 Å². The van der Waals surface area contributed by atoms with Gasteiger partial charge in [-0.2, -0.15) is 5.10 Å². The lowest BCUT2D eigenvalue weighted by molar-refractivity contribution is 0.596. The highest BCUT2D eigenvalue weighted by Gasteiger charge is 2.09. The fourth-order valence-corrected chi connectivity index (χ4v) is 2.71. The molecule has 0 saturated heterocycles. The number of rotatable bonds is 4. The summed E-state index contributed by atoms with van der Waals surface area (Å²) in [6.07, 6.45) is 3.42. The van der Waals surface area contributed by atoms with E-state index in [2.05, 4.69) is 46.3 Å². The molecule has 3 nitrogen and oxygen atoms in total. The van der Waals surface area contributed by atoms with Gasteiger partial charge >= 0.3 is 0 Å². The first kappa shape index (κ1) is 13.6. The van der Waals surface area contributed by atoms with Gasteiger partial charge in [-0.3, -0.25) is 0 Å². The highest BCUT2D eigenvalue weighted by molar-refractivity contribution is 9.10. The molecule has 0 fully saturated rings. The Morgan fingerprint density at radius 1 is 1.50 bits per heavy atom. The van der Waals surface area contributed by atoms with Crippen LogP contribution >= 0.6 is 27.5 Å². The minimum Gasteiger partial charge on any atom is -0.310 e. The van der Waals surface area contributed by atoms with Crippen LogP contribution in [0.25, 0.3) is 5.69 Å². The lowest BCUT2D eigenvalue weighted by atomic mass is 10.1. The van der Waals surface area contributed by atoms with Crippen molar-refractivity contribution in [1.82, 2.24) is 15.1 Å². The van der Waals surface area contributed by atoms with Crippen molar-refractivity contribution < 1.29 is 0 Å². The Hall–Kier alpha value is -0.840. The molecule has 0 aliphatic heterocycles. The molecule has 1 aromatic heterocycles. The van der Waals surface area contributed by atoms with Crippen LogP contribution in [-0.2, 0) is 0 Å². The van der Waals surface area contributed by atoms with Gasteiger partial charge in [-0.15, -0.1) is 0 Å². The molecular weight excluding hydrogens is 314 g/mol. The Morgan fingerprint density at radius 2 is 2.28 bits per heavy atom. The van der Waals surface area contributed by atoms with Crippen LogP contribution in [0.4, 0.5) is 0 Å². The molecule has 0 bridgehead atoms. The number of hydrogen-bond acceptors (Lipinski definition) is 2. The van der Waals surface area contributed by atoms with E-state index in [0.29, 0.717) is 11.1 Å². The zero-order valence-electron chi connectivity index (χ0n) is 10.3. The second kappa shape index (κ2) is 5.87. The molecule has 0 amide bonds. The van der Waals surface area contributed by atoms with Gasteiger partial charge in [0.2, 0.25) is 0 Å². The summed E-state index contributed by atoms with van der Waals surface area (Å²) in [6.45, 7) is 5.20. The van der Waals surface area contributed by atoms with Crippen LogP contribution in [0, 0.1) is 0 Å². The van der Waals surface area contributed by atoms with Crippen LogP contribution in [0.15, 0.2) is 35.1 Å². The molecule has 0 radical (unpaired) electrons. The highest BCUT2D eigenvalue weighted by Crippen LogP contribution is 2.26. The van der Waals surface area contributed by atoms with Gasteiger partial charge in [-0.05, 0) is 31.2 Å². The van der Waals surface area contributed by atoms with E-state index in [0.717, 1.165) is 16.7 Å². The lowest BCUT2D eigenvalue weighted by Crippen LogP contribution is -2.18. The SMILES string of the molecule is CCNC(C)c1ccc(-n2cc(Cl)cn2)cc1Br. The van der Waals surface area contributed by atoms with E-state index in [1.165, 1.54) is 5.56 Å². The second-order valence-corrected chi connectivity index (χ2v) is 5.38. The predicted molar refractivity (Wildman–Crippen MR) is 78.4 cm³/mol. The van der Waals surface area contributed by atoms with Crippen LogP contribution in [0.1, 0.15) is 25.5 Å². The Balaban J connectivity index is 2.30. The molecule has 1 aromatic carbocycles. The van der Waals surface area contributed by atoms with Gasteiger partial charge in [0, 0.05) is 16.7 Å². The molecule has 5 heteroatoms. The summed E-state index contributed by atoms with van der Waals surface area (Å²) in [5.41, 5.74) is 2.22. The standard InChI is InChI=1S/C13H15BrClN3/c1-3-16-9(2)12-5-4-11(6-13(12)14)18-8-10(15)7-17-18/h4-9,16H,3H2,1-2H3. The number of halogens is 2. The molecule has 0 saturated carbocycles. The average Bonchev–Trinajstić information content (AvgIpc) is 2.76. The van der Waals surface area contributed by atoms with E-state index < -0.39 is 0 Å². The second-order valence-electron chi connectivity index (χ2n) is 4.09. The van der Waals surface area contributed by atoms with E-state index >= 15 is 0 Å². The molecule has 2 aromatic rings. The van der Waals surface area contributed by atoms with Crippen molar-refractivity contribution >= 4 is 27.5 Å². The van der Waals surface area contributed by atoms with Crippen LogP contribution in [0.3, 0.4) is 0 Å². The molecular formula is C13H15BrClN3. The van der Waals surface area contributed by atoms with Crippen LogP contribution in [0.5, 0.6) is 0 Å². The summed E-state index contributed by atoms with van der Waals surface area (Å²) >= 11 is 9.48. The molecule has 1 heterocycles. The van der Waals surface area contributed by atoms with Crippen molar-refractivity contribution in [3.05, 3.63) is 45.7 Å². The zero-order valence-corrected chi connectivity index (χ0v) is 12.7. The summed E-state index contributed by atoms with van der Waals surface area (Å²) in [5, 5.41) is 8.21. The van der Waals surface area contributed by atoms with E-state index in [1.54, 1.807) is 17.1 Å². The largest absolute Gasteiger partial charge is 0.310 e. The number of hydrogen-bond donors (Lipinski definition) is 1. The smallest absolute Gasteiger partial charge is 0.0790 e. The third-order valence-corrected chi connectivity index (χ3v) is 3.66. The van der Waals surface area contributed by atoms with Gasteiger partial charge in [0.25, 0.3) is 0 Å². The van der Waals surface area contributed by atoms with E-state index in [4.69, 9.17) is 11.6 Å². The maximum atomic E-state index is 5.87. The third kappa shape index (κ3) is 2.94. The van der Waals surface area contributed by atoms with E-state index in [9.17, 15) is 0 Å². The van der Waals surface area contributed by atoms with Crippen molar-refractivity contribution in [1.29, 1.82) is 0 Å². The number of nitrogens with one attached hydrogen (secondary N) is 1. The predicted octanol–water partition coefficient (Wildman–Crippen LogP) is 3.96. The topological polar surface area (TPSA) is 29.9 Å². The molecule has 0 aliphatic carbocycles. The molecule has 18 heavy (non-hydrogen) atoms. The average molecular weight is 329 g/mol. The van der Waals surface area contributed by atoms with Gasteiger partial charge in [-0.25, -0.2) is 4.68 Å². The maximum Gasteiger partial charge on any atom is 0.0790 e. The van der Waals surface area contributed by atoms with Gasteiger partial charge < -0.3 is 5.32 Å². The first-order chi connectivity index (χ1) is 8.61. The molecule has 1 atom stereocenters. The summed E-state index contributed by atoms with van der Waals surface area (Å²) in [7, 11) is 0. The monoisotopic (exact) mass is 327 g/mol. The van der Waals surface area contributed by atoms with Crippen LogP contribution < -0.4 is 5.32 Å². The van der Waals surface area contributed by atoms with Crippen molar-refractivity contribution in [2.24, 2.45) is 0 Å². The zero-order chi connectivity index (χ0) is 13.1. The van der Waals surface area contributed by atoms with Gasteiger partial charge in [-0.1, -0.05) is 40.5 Å². The molecule has 1 N–H and O–H groups in total. The number of benzene rings is 1. The van der Waals surface area contributed by atoms with Gasteiger partial charge in [0.15, 0.2) is 0 Å². The highest BCUT2D eigenvalue weighted by atomic mass is 79.9. The fourth-order valence-electron chi connectivity index (χ4n) is 1.87. The Kier molecular flexibility index (Phi) is 4.43. The van der Waals surface area contributed by atoms with E-state index in [-0.39, 0.29) is 0 Å². The van der Waals surface area contributed by atoms with Gasteiger partial charge in [0.05, 0.1) is 16.9 Å². The minimum absolute atomic E-state index is 0.319. The summed E-state index contributed by atoms with van der Waals surface area (Å²) in [5.74, 6) is 0. The molecule has 96 valence electrons. The minimum atomic E-state index is 0.319. The quantitative estimate of drug-likeness (QED) is 0.920. The van der Waals surface area contributed by atoms with Crippen LogP contribution in [-0.4, -0.2) is 16.3 Å². The molecule has 0 spiro atoms.